The van der Waals surface area contributed by atoms with Crippen molar-refractivity contribution in [2.75, 3.05) is 20.6 Å². The summed E-state index contributed by atoms with van der Waals surface area (Å²) in [6.45, 7) is 12.2. The van der Waals surface area contributed by atoms with Crippen LogP contribution >= 0.6 is 0 Å². The van der Waals surface area contributed by atoms with Crippen LogP contribution in [0.1, 0.15) is 66.7 Å². The highest BCUT2D eigenvalue weighted by molar-refractivity contribution is 5.87. The molecule has 0 spiro atoms. The van der Waals surface area contributed by atoms with E-state index in [-0.39, 0.29) is 0 Å². The van der Waals surface area contributed by atoms with Gasteiger partial charge in [-0.05, 0) is 39.7 Å². The van der Waals surface area contributed by atoms with Gasteiger partial charge in [0.25, 0.3) is 0 Å². The van der Waals surface area contributed by atoms with Crippen LogP contribution in [0.2, 0.25) is 0 Å². The van der Waals surface area contributed by atoms with Gasteiger partial charge in [0, 0.05) is 19.6 Å². The first kappa shape index (κ1) is 21.2. The zero-order valence-electron chi connectivity index (χ0n) is 16.0. The van der Waals surface area contributed by atoms with E-state index >= 15 is 0 Å². The van der Waals surface area contributed by atoms with Gasteiger partial charge in [-0.3, -0.25) is 4.99 Å². The molecule has 0 aliphatic carbocycles. The Morgan fingerprint density at radius 2 is 1.82 bits per heavy atom. The van der Waals surface area contributed by atoms with Gasteiger partial charge in [-0.15, -0.1) is 0 Å². The molecule has 0 bridgehead atoms. The lowest BCUT2D eigenvalue weighted by Crippen LogP contribution is -2.47. The molecule has 0 aromatic rings. The van der Waals surface area contributed by atoms with Gasteiger partial charge in [0.05, 0.1) is 6.04 Å². The van der Waals surface area contributed by atoms with Crippen LogP contribution in [-0.4, -0.2) is 43.5 Å². The maximum Gasteiger partial charge on any atom is 0.116 e. The molecule has 0 aromatic heterocycles. The van der Waals surface area contributed by atoms with Gasteiger partial charge in [-0.1, -0.05) is 52.2 Å². The van der Waals surface area contributed by atoms with Crippen LogP contribution in [0.25, 0.3) is 0 Å². The Morgan fingerprint density at radius 3 is 2.36 bits per heavy atom. The predicted molar refractivity (Wildman–Crippen MR) is 101 cm³/mol. The summed E-state index contributed by atoms with van der Waals surface area (Å²) in [6.07, 6.45) is 10.8. The van der Waals surface area contributed by atoms with E-state index in [0.29, 0.717) is 18.0 Å². The van der Waals surface area contributed by atoms with Gasteiger partial charge in [0.2, 0.25) is 0 Å². The van der Waals surface area contributed by atoms with Gasteiger partial charge in [-0.2, -0.15) is 0 Å². The fraction of sp³-hybridized carbons (Fsp3) is 0.842. The molecule has 0 heterocycles. The maximum atomic E-state index is 4.89. The standard InChI is InChI=1S/C19H39N3/c1-8-10-12-14-16(3)18(5)22(7)19(17(4)20-6)21-15-13-11-9-2/h12,14,16-18,20H,8-11,13,15H2,1-7H3. The number of likely N-dealkylation sites (N-methyl/N-ethyl adjacent to an activating group) is 2. The summed E-state index contributed by atoms with van der Waals surface area (Å²) in [5, 5.41) is 3.34. The summed E-state index contributed by atoms with van der Waals surface area (Å²) in [5.74, 6) is 1.71. The van der Waals surface area contributed by atoms with E-state index in [1.165, 1.54) is 37.9 Å². The highest BCUT2D eigenvalue weighted by Gasteiger charge is 2.21. The Balaban J connectivity index is 4.81. The third kappa shape index (κ3) is 7.98. The summed E-state index contributed by atoms with van der Waals surface area (Å²) in [6, 6.07) is 0.745. The summed E-state index contributed by atoms with van der Waals surface area (Å²) in [7, 11) is 4.19. The van der Waals surface area contributed by atoms with Crippen LogP contribution in [-0.2, 0) is 0 Å². The van der Waals surface area contributed by atoms with Gasteiger partial charge < -0.3 is 10.2 Å². The molecule has 0 aromatic carbocycles. The molecule has 0 saturated heterocycles. The molecule has 3 heteroatoms. The fourth-order valence-corrected chi connectivity index (χ4v) is 2.44. The molecule has 0 amide bonds. The Kier molecular flexibility index (Phi) is 12.2. The number of allylic oxidation sites excluding steroid dienone is 1. The van der Waals surface area contributed by atoms with E-state index in [4.69, 9.17) is 4.99 Å². The van der Waals surface area contributed by atoms with Gasteiger partial charge >= 0.3 is 0 Å². The van der Waals surface area contributed by atoms with Crippen molar-refractivity contribution in [1.82, 2.24) is 10.2 Å². The van der Waals surface area contributed by atoms with Gasteiger partial charge in [0.15, 0.2) is 0 Å². The van der Waals surface area contributed by atoms with E-state index in [1.54, 1.807) is 0 Å². The van der Waals surface area contributed by atoms with Crippen molar-refractivity contribution in [3.63, 3.8) is 0 Å². The zero-order chi connectivity index (χ0) is 17.0. The topological polar surface area (TPSA) is 27.6 Å². The van der Waals surface area contributed by atoms with E-state index in [9.17, 15) is 0 Å². The van der Waals surface area contributed by atoms with Crippen molar-refractivity contribution in [3.8, 4) is 0 Å². The zero-order valence-corrected chi connectivity index (χ0v) is 16.0. The highest BCUT2D eigenvalue weighted by Crippen LogP contribution is 2.14. The van der Waals surface area contributed by atoms with Crippen LogP contribution in [0.15, 0.2) is 17.1 Å². The quantitative estimate of drug-likeness (QED) is 0.263. The molecule has 0 aliphatic heterocycles. The van der Waals surface area contributed by atoms with Crippen molar-refractivity contribution in [2.45, 2.75) is 78.8 Å². The number of unbranched alkanes of at least 4 members (excludes halogenated alkanes) is 3. The monoisotopic (exact) mass is 309 g/mol. The second-order valence-electron chi connectivity index (χ2n) is 6.38. The first-order chi connectivity index (χ1) is 10.5. The molecule has 22 heavy (non-hydrogen) atoms. The third-order valence-electron chi connectivity index (χ3n) is 4.48. The number of nitrogens with one attached hydrogen (secondary N) is 1. The number of amidine groups is 1. The summed E-state index contributed by atoms with van der Waals surface area (Å²) in [4.78, 5) is 7.24. The van der Waals surface area contributed by atoms with Crippen molar-refractivity contribution >= 4 is 5.84 Å². The predicted octanol–water partition coefficient (Wildman–Crippen LogP) is 4.50. The third-order valence-corrected chi connectivity index (χ3v) is 4.48. The minimum Gasteiger partial charge on any atom is -0.359 e. The average molecular weight is 310 g/mol. The average Bonchev–Trinajstić information content (AvgIpc) is 2.53. The minimum absolute atomic E-state index is 0.292. The molecule has 130 valence electrons. The van der Waals surface area contributed by atoms with E-state index in [2.05, 4.69) is 64.0 Å². The molecule has 0 radical (unpaired) electrons. The first-order valence-electron chi connectivity index (χ1n) is 9.10. The molecular formula is C19H39N3. The SMILES string of the molecule is CCCC=CC(C)C(C)N(C)C(=NCCCCC)C(C)NC. The summed E-state index contributed by atoms with van der Waals surface area (Å²) in [5.41, 5.74) is 0. The number of rotatable bonds is 11. The second kappa shape index (κ2) is 12.7. The summed E-state index contributed by atoms with van der Waals surface area (Å²) >= 11 is 0. The molecule has 0 fully saturated rings. The molecule has 0 aliphatic rings. The Bertz CT molecular complexity index is 323. The second-order valence-corrected chi connectivity index (χ2v) is 6.38. The number of hydrogen-bond acceptors (Lipinski definition) is 2. The van der Waals surface area contributed by atoms with Crippen LogP contribution in [0.3, 0.4) is 0 Å². The van der Waals surface area contributed by atoms with E-state index < -0.39 is 0 Å². The lowest BCUT2D eigenvalue weighted by molar-refractivity contribution is 0.318. The maximum absolute atomic E-state index is 4.89. The Morgan fingerprint density at radius 1 is 1.14 bits per heavy atom. The van der Waals surface area contributed by atoms with Gasteiger partial charge in [-0.25, -0.2) is 0 Å². The normalized spacial score (nSPS) is 16.8. The van der Waals surface area contributed by atoms with Crippen molar-refractivity contribution in [2.24, 2.45) is 10.9 Å². The van der Waals surface area contributed by atoms with Crippen molar-refractivity contribution in [3.05, 3.63) is 12.2 Å². The van der Waals surface area contributed by atoms with Crippen LogP contribution < -0.4 is 5.32 Å². The minimum atomic E-state index is 0.292. The lowest BCUT2D eigenvalue weighted by atomic mass is 10.0. The molecular weight excluding hydrogens is 270 g/mol. The number of hydrogen-bond donors (Lipinski definition) is 1. The smallest absolute Gasteiger partial charge is 0.116 e. The molecule has 3 atom stereocenters. The highest BCUT2D eigenvalue weighted by atomic mass is 15.2. The van der Waals surface area contributed by atoms with E-state index in [0.717, 1.165) is 6.54 Å². The largest absolute Gasteiger partial charge is 0.359 e. The molecule has 3 nitrogen and oxygen atoms in total. The van der Waals surface area contributed by atoms with Crippen LogP contribution in [0, 0.1) is 5.92 Å². The molecule has 3 unspecified atom stereocenters. The van der Waals surface area contributed by atoms with Gasteiger partial charge in [0.1, 0.15) is 5.84 Å². The fourth-order valence-electron chi connectivity index (χ4n) is 2.44. The lowest BCUT2D eigenvalue weighted by Gasteiger charge is -2.34. The van der Waals surface area contributed by atoms with Crippen LogP contribution in [0.4, 0.5) is 0 Å². The number of aliphatic imine (C=N–C) groups is 1. The van der Waals surface area contributed by atoms with E-state index in [1.807, 2.05) is 7.05 Å². The van der Waals surface area contributed by atoms with Crippen molar-refractivity contribution in [1.29, 1.82) is 0 Å². The first-order valence-corrected chi connectivity index (χ1v) is 9.10. The molecule has 0 rings (SSSR count). The Hall–Kier alpha value is -0.830. The summed E-state index contributed by atoms with van der Waals surface area (Å²) < 4.78 is 0. The van der Waals surface area contributed by atoms with Crippen LogP contribution in [0.5, 0.6) is 0 Å². The molecule has 0 saturated carbocycles. The number of nitrogens with zero attached hydrogens (tertiary/aromatic N) is 2. The molecule has 1 N–H and O–H groups in total. The van der Waals surface area contributed by atoms with Crippen molar-refractivity contribution < 1.29 is 0 Å². The Labute approximate surface area is 139 Å².